The maximum Gasteiger partial charge on any atom is 0.267 e. The van der Waals surface area contributed by atoms with Gasteiger partial charge < -0.3 is 20.1 Å². The van der Waals surface area contributed by atoms with Crippen molar-refractivity contribution in [3.8, 4) is 22.7 Å². The maximum atomic E-state index is 14.6. The number of halogens is 1. The second kappa shape index (κ2) is 11.0. The van der Waals surface area contributed by atoms with Gasteiger partial charge in [0.2, 0.25) is 11.8 Å². The number of nitrogens with zero attached hydrogens (tertiary/aromatic N) is 4. The highest BCUT2D eigenvalue weighted by Gasteiger charge is 2.24. The average molecular weight is 589 g/mol. The second-order valence-corrected chi connectivity index (χ2v) is 11.5. The Morgan fingerprint density at radius 1 is 1.00 bits per heavy atom. The van der Waals surface area contributed by atoms with E-state index in [0.717, 1.165) is 30.0 Å². The van der Waals surface area contributed by atoms with Gasteiger partial charge in [-0.1, -0.05) is 18.2 Å². The summed E-state index contributed by atoms with van der Waals surface area (Å²) in [5, 5.41) is 0. The molecule has 0 amide bonds. The lowest BCUT2D eigenvalue weighted by Crippen LogP contribution is -2.36. The van der Waals surface area contributed by atoms with E-state index in [0.29, 0.717) is 41.4 Å². The van der Waals surface area contributed by atoms with Crippen molar-refractivity contribution >= 4 is 38.4 Å². The largest absolute Gasteiger partial charge is 0.480 e. The number of benzene rings is 3. The molecule has 3 heterocycles. The van der Waals surface area contributed by atoms with E-state index < -0.39 is 15.8 Å². The van der Waals surface area contributed by atoms with E-state index >= 15 is 0 Å². The lowest BCUT2D eigenvalue weighted by molar-refractivity contribution is 0.122. The molecule has 1 saturated heterocycles. The Balaban J connectivity index is 1.37. The van der Waals surface area contributed by atoms with Crippen LogP contribution in [0.3, 0.4) is 0 Å². The number of methoxy groups -OCH3 is 1. The van der Waals surface area contributed by atoms with Gasteiger partial charge in [0.15, 0.2) is 0 Å². The fourth-order valence-corrected chi connectivity index (χ4v) is 6.25. The SMILES string of the molecule is COc1ncc(-c2ccc3nc(N)n(-c4ccc(N5CCOCC5)cc4)c3c2)cc1S(=O)(=O)Nc1cccc(C)c1F. The minimum atomic E-state index is -4.26. The Kier molecular flexibility index (Phi) is 7.17. The van der Waals surface area contributed by atoms with Gasteiger partial charge in [0, 0.05) is 36.2 Å². The lowest BCUT2D eigenvalue weighted by Gasteiger charge is -2.29. The van der Waals surface area contributed by atoms with E-state index in [1.807, 2.05) is 47.0 Å². The van der Waals surface area contributed by atoms with E-state index in [4.69, 9.17) is 15.2 Å². The lowest BCUT2D eigenvalue weighted by atomic mass is 10.1. The smallest absolute Gasteiger partial charge is 0.267 e. The number of morpholine rings is 1. The molecule has 12 heteroatoms. The molecule has 0 radical (unpaired) electrons. The van der Waals surface area contributed by atoms with Gasteiger partial charge in [0.05, 0.1) is 37.0 Å². The van der Waals surface area contributed by atoms with E-state index in [9.17, 15) is 12.8 Å². The topological polar surface area (TPSA) is 125 Å². The molecular weight excluding hydrogens is 559 g/mol. The highest BCUT2D eigenvalue weighted by molar-refractivity contribution is 7.92. The van der Waals surface area contributed by atoms with Gasteiger partial charge in [-0.3, -0.25) is 9.29 Å². The predicted molar refractivity (Wildman–Crippen MR) is 160 cm³/mol. The molecule has 0 aliphatic carbocycles. The standard InChI is InChI=1S/C30H29FN6O4S/c1-19-4-3-5-25(28(19)31)35-42(38,39)27-17-21(18-33-29(27)40-2)20-6-11-24-26(16-20)37(30(32)34-24)23-9-7-22(8-10-23)36-12-14-41-15-13-36/h3-11,16-18,35H,12-15H2,1-2H3,(H2,32,34). The van der Waals surface area contributed by atoms with Crippen LogP contribution >= 0.6 is 0 Å². The minimum absolute atomic E-state index is 0.116. The summed E-state index contributed by atoms with van der Waals surface area (Å²) in [6.45, 7) is 4.63. The molecule has 3 N–H and O–H groups in total. The number of nitrogens with one attached hydrogen (secondary N) is 1. The van der Waals surface area contributed by atoms with Crippen LogP contribution in [0.25, 0.3) is 27.8 Å². The number of aromatic nitrogens is 3. The summed E-state index contributed by atoms with van der Waals surface area (Å²) in [5.41, 5.74) is 11.0. The minimum Gasteiger partial charge on any atom is -0.480 e. The van der Waals surface area contributed by atoms with Crippen molar-refractivity contribution in [3.05, 3.63) is 84.3 Å². The van der Waals surface area contributed by atoms with E-state index in [2.05, 4.69) is 19.6 Å². The second-order valence-electron chi connectivity index (χ2n) is 9.90. The van der Waals surface area contributed by atoms with Gasteiger partial charge in [-0.2, -0.15) is 0 Å². The number of hydrogen-bond donors (Lipinski definition) is 2. The molecule has 0 saturated carbocycles. The van der Waals surface area contributed by atoms with Crippen LogP contribution in [0.5, 0.6) is 5.88 Å². The summed E-state index contributed by atoms with van der Waals surface area (Å²) in [7, 11) is -2.93. The fraction of sp³-hybridized carbons (Fsp3) is 0.200. The molecule has 1 aliphatic heterocycles. The van der Waals surface area contributed by atoms with Crippen LogP contribution < -0.4 is 20.1 Å². The molecule has 0 unspecified atom stereocenters. The number of fused-ring (bicyclic) bond motifs is 1. The molecular formula is C30H29FN6O4S. The first-order valence-corrected chi connectivity index (χ1v) is 14.8. The molecule has 5 aromatic rings. The zero-order chi connectivity index (χ0) is 29.4. The molecule has 2 aromatic heterocycles. The van der Waals surface area contributed by atoms with Crippen molar-refractivity contribution in [1.29, 1.82) is 0 Å². The van der Waals surface area contributed by atoms with Crippen molar-refractivity contribution < 1.29 is 22.3 Å². The highest BCUT2D eigenvalue weighted by atomic mass is 32.2. The summed E-state index contributed by atoms with van der Waals surface area (Å²) in [6, 6.07) is 19.5. The molecule has 42 heavy (non-hydrogen) atoms. The summed E-state index contributed by atoms with van der Waals surface area (Å²) in [4.78, 5) is 10.8. The van der Waals surface area contributed by atoms with Crippen molar-refractivity contribution in [3.63, 3.8) is 0 Å². The van der Waals surface area contributed by atoms with Gasteiger partial charge in [-0.05, 0) is 66.6 Å². The molecule has 1 fully saturated rings. The molecule has 0 bridgehead atoms. The first-order valence-electron chi connectivity index (χ1n) is 13.3. The van der Waals surface area contributed by atoms with E-state index in [-0.39, 0.29) is 16.5 Å². The molecule has 216 valence electrons. The number of ether oxygens (including phenoxy) is 2. The first-order chi connectivity index (χ1) is 20.2. The molecule has 0 spiro atoms. The van der Waals surface area contributed by atoms with Crippen LogP contribution in [-0.4, -0.2) is 56.4 Å². The van der Waals surface area contributed by atoms with Crippen molar-refractivity contribution in [2.45, 2.75) is 11.8 Å². The van der Waals surface area contributed by atoms with Crippen molar-refractivity contribution in [1.82, 2.24) is 14.5 Å². The number of hydrogen-bond acceptors (Lipinski definition) is 8. The number of nitrogen functional groups attached to an aromatic ring is 1. The van der Waals surface area contributed by atoms with Crippen molar-refractivity contribution in [2.24, 2.45) is 0 Å². The van der Waals surface area contributed by atoms with Gasteiger partial charge in [-0.15, -0.1) is 0 Å². The predicted octanol–water partition coefficient (Wildman–Crippen LogP) is 4.76. The summed E-state index contributed by atoms with van der Waals surface area (Å²) in [5.74, 6) is -0.449. The van der Waals surface area contributed by atoms with Gasteiger partial charge in [0.1, 0.15) is 10.7 Å². The number of nitrogens with two attached hydrogens (primary N) is 1. The normalized spacial score (nSPS) is 13.8. The first kappa shape index (κ1) is 27.5. The van der Waals surface area contributed by atoms with Crippen LogP contribution in [0.1, 0.15) is 5.56 Å². The molecule has 10 nitrogen and oxygen atoms in total. The molecule has 1 aliphatic rings. The highest BCUT2D eigenvalue weighted by Crippen LogP contribution is 2.33. The third-order valence-corrected chi connectivity index (χ3v) is 8.60. The number of pyridine rings is 1. The van der Waals surface area contributed by atoms with Crippen molar-refractivity contribution in [2.75, 3.05) is 48.8 Å². The van der Waals surface area contributed by atoms with Crippen LogP contribution in [0.2, 0.25) is 0 Å². The number of rotatable bonds is 7. The monoisotopic (exact) mass is 588 g/mol. The van der Waals surface area contributed by atoms with Crippen LogP contribution in [-0.2, 0) is 14.8 Å². The molecule has 6 rings (SSSR count). The molecule has 0 atom stereocenters. The third-order valence-electron chi connectivity index (χ3n) is 7.24. The summed E-state index contributed by atoms with van der Waals surface area (Å²) < 4.78 is 56.3. The van der Waals surface area contributed by atoms with Gasteiger partial charge in [0.25, 0.3) is 10.0 Å². The Hall–Kier alpha value is -4.68. The number of sulfonamides is 1. The Morgan fingerprint density at radius 2 is 1.74 bits per heavy atom. The molecule has 3 aromatic carbocycles. The maximum absolute atomic E-state index is 14.6. The average Bonchev–Trinajstić information content (AvgIpc) is 3.34. The number of aryl methyl sites for hydroxylation is 1. The fourth-order valence-electron chi connectivity index (χ4n) is 5.04. The third kappa shape index (κ3) is 5.10. The van der Waals surface area contributed by atoms with Gasteiger partial charge >= 0.3 is 0 Å². The van der Waals surface area contributed by atoms with Crippen LogP contribution in [0.4, 0.5) is 21.7 Å². The van der Waals surface area contributed by atoms with Crippen LogP contribution in [0, 0.1) is 12.7 Å². The Bertz CT molecular complexity index is 1890. The number of imidazole rings is 1. The van der Waals surface area contributed by atoms with E-state index in [1.54, 1.807) is 19.1 Å². The van der Waals surface area contributed by atoms with Crippen LogP contribution in [0.15, 0.2) is 77.8 Å². The quantitative estimate of drug-likeness (QED) is 0.279. The van der Waals surface area contributed by atoms with Gasteiger partial charge in [-0.25, -0.2) is 22.8 Å². The van der Waals surface area contributed by atoms with E-state index in [1.165, 1.54) is 25.4 Å². The zero-order valence-electron chi connectivity index (χ0n) is 23.0. The summed E-state index contributed by atoms with van der Waals surface area (Å²) in [6.07, 6.45) is 1.52. The number of anilines is 3. The Morgan fingerprint density at radius 3 is 2.48 bits per heavy atom. The zero-order valence-corrected chi connectivity index (χ0v) is 23.9. The Labute approximate surface area is 242 Å². The summed E-state index contributed by atoms with van der Waals surface area (Å²) >= 11 is 0.